The van der Waals surface area contributed by atoms with Gasteiger partial charge in [0.05, 0.1) is 0 Å². The number of likely N-dealkylation sites (tertiary alicyclic amines) is 1. The van der Waals surface area contributed by atoms with Crippen molar-refractivity contribution in [1.82, 2.24) is 4.90 Å². The number of amides is 1. The van der Waals surface area contributed by atoms with Crippen LogP contribution in [0.5, 0.6) is 11.5 Å². The summed E-state index contributed by atoms with van der Waals surface area (Å²) < 4.78 is 45.0. The number of carbonyl (C=O) groups is 1. The molecule has 3 nitrogen and oxygen atoms in total. The van der Waals surface area contributed by atoms with Crippen LogP contribution in [-0.2, 0) is 4.79 Å². The average molecular weight is 438 g/mol. The van der Waals surface area contributed by atoms with Crippen molar-refractivity contribution in [1.29, 1.82) is 0 Å². The lowest BCUT2D eigenvalue weighted by molar-refractivity contribution is -0.185. The van der Waals surface area contributed by atoms with Crippen molar-refractivity contribution in [2.75, 3.05) is 13.1 Å². The molecule has 0 aliphatic carbocycles. The molecular weight excluding hydrogens is 423 g/mol. The van der Waals surface area contributed by atoms with Gasteiger partial charge >= 0.3 is 12.1 Å². The molecule has 2 aromatic carbocycles. The summed E-state index contributed by atoms with van der Waals surface area (Å²) in [6, 6.07) is 13.4. The molecule has 0 spiro atoms. The second kappa shape index (κ2) is 6.71. The Morgan fingerprint density at radius 2 is 1.67 bits per heavy atom. The summed E-state index contributed by atoms with van der Waals surface area (Å²) in [5.41, 5.74) is 3.89. The molecule has 0 radical (unpaired) electrons. The largest absolute Gasteiger partial charge is 0.471 e. The van der Waals surface area contributed by atoms with Crippen molar-refractivity contribution in [3.63, 3.8) is 0 Å². The molecule has 0 bridgehead atoms. The van der Waals surface area contributed by atoms with Crippen LogP contribution in [0.2, 0.25) is 0 Å². The zero-order chi connectivity index (χ0) is 19.2. The Morgan fingerprint density at radius 3 is 2.37 bits per heavy atom. The van der Waals surface area contributed by atoms with Crippen LogP contribution in [0.3, 0.4) is 0 Å². The summed E-state index contributed by atoms with van der Waals surface area (Å²) in [7, 11) is 0. The number of nitrogens with zero attached hydrogens (tertiary/aromatic N) is 1. The van der Waals surface area contributed by atoms with Gasteiger partial charge in [-0.1, -0.05) is 39.7 Å². The number of fused-ring (bicyclic) bond motifs is 2. The van der Waals surface area contributed by atoms with E-state index in [0.717, 1.165) is 37.4 Å². The number of hydrogen-bond acceptors (Lipinski definition) is 2. The minimum absolute atomic E-state index is 0.0616. The molecule has 0 saturated carbocycles. The summed E-state index contributed by atoms with van der Waals surface area (Å²) in [4.78, 5) is 12.4. The average Bonchev–Trinajstić information content (AvgIpc) is 2.65. The summed E-state index contributed by atoms with van der Waals surface area (Å²) in [5, 5.41) is 0. The normalized spacial score (nSPS) is 16.5. The Bertz CT molecular complexity index is 942. The number of ether oxygens (including phenoxy) is 1. The molecule has 0 N–H and O–H groups in total. The standard InChI is InChI=1S/C20H15BrF3NO2/c21-13-5-6-15-17(11-13)27-16-4-2-1-3-14(16)18(15)12-7-9-25(10-8-12)19(26)20(22,23)24/h1-6,11H,7-10H2. The number of rotatable bonds is 0. The Morgan fingerprint density at radius 1 is 1.00 bits per heavy atom. The third-order valence-corrected chi connectivity index (χ3v) is 5.33. The number of benzene rings is 2. The minimum Gasteiger partial charge on any atom is -0.456 e. The van der Waals surface area contributed by atoms with Crippen molar-refractivity contribution in [2.45, 2.75) is 19.0 Å². The van der Waals surface area contributed by atoms with Crippen molar-refractivity contribution in [2.24, 2.45) is 0 Å². The molecule has 27 heavy (non-hydrogen) atoms. The number of piperidine rings is 1. The maximum atomic E-state index is 12.7. The van der Waals surface area contributed by atoms with Gasteiger partial charge in [0.2, 0.25) is 0 Å². The molecule has 1 saturated heterocycles. The first kappa shape index (κ1) is 18.1. The van der Waals surface area contributed by atoms with Crippen LogP contribution < -0.4 is 4.74 Å². The van der Waals surface area contributed by atoms with Crippen LogP contribution in [0, 0.1) is 0 Å². The van der Waals surface area contributed by atoms with E-state index in [1.165, 1.54) is 0 Å². The third kappa shape index (κ3) is 3.36. The first-order valence-electron chi connectivity index (χ1n) is 8.50. The van der Waals surface area contributed by atoms with Gasteiger partial charge in [0.25, 0.3) is 0 Å². The van der Waals surface area contributed by atoms with Gasteiger partial charge in [-0.3, -0.25) is 4.79 Å². The minimum atomic E-state index is -4.82. The molecule has 4 rings (SSSR count). The molecule has 2 aliphatic heterocycles. The zero-order valence-corrected chi connectivity index (χ0v) is 15.7. The molecule has 1 amide bonds. The molecule has 140 valence electrons. The van der Waals surface area contributed by atoms with E-state index >= 15 is 0 Å². The predicted octanol–water partition coefficient (Wildman–Crippen LogP) is 5.54. The Balaban J connectivity index is 1.73. The van der Waals surface area contributed by atoms with Gasteiger partial charge in [-0.2, -0.15) is 13.2 Å². The van der Waals surface area contributed by atoms with E-state index in [-0.39, 0.29) is 13.1 Å². The Kier molecular flexibility index (Phi) is 4.50. The van der Waals surface area contributed by atoms with E-state index in [4.69, 9.17) is 4.74 Å². The van der Waals surface area contributed by atoms with E-state index < -0.39 is 12.1 Å². The summed E-state index contributed by atoms with van der Waals surface area (Å²) in [6.07, 6.45) is -4.02. The number of halogens is 4. The fraction of sp³-hybridized carbons (Fsp3) is 0.250. The molecule has 0 atom stereocenters. The van der Waals surface area contributed by atoms with Crippen LogP contribution >= 0.6 is 15.9 Å². The van der Waals surface area contributed by atoms with E-state index in [9.17, 15) is 18.0 Å². The van der Waals surface area contributed by atoms with Crippen LogP contribution in [0.15, 0.2) is 52.5 Å². The first-order valence-corrected chi connectivity index (χ1v) is 9.29. The highest BCUT2D eigenvalue weighted by molar-refractivity contribution is 9.10. The van der Waals surface area contributed by atoms with E-state index in [2.05, 4.69) is 15.9 Å². The van der Waals surface area contributed by atoms with Gasteiger partial charge in [-0.05, 0) is 42.7 Å². The quantitative estimate of drug-likeness (QED) is 0.461. The van der Waals surface area contributed by atoms with Crippen molar-refractivity contribution >= 4 is 27.4 Å². The molecular formula is C20H15BrF3NO2. The zero-order valence-electron chi connectivity index (χ0n) is 14.1. The molecule has 0 aromatic heterocycles. The van der Waals surface area contributed by atoms with Crippen molar-refractivity contribution < 1.29 is 22.7 Å². The van der Waals surface area contributed by atoms with Crippen LogP contribution in [0.1, 0.15) is 24.0 Å². The lowest BCUT2D eigenvalue weighted by atomic mass is 9.86. The summed E-state index contributed by atoms with van der Waals surface area (Å²) in [6.45, 7) is 0.123. The van der Waals surface area contributed by atoms with Gasteiger partial charge in [0.1, 0.15) is 11.5 Å². The maximum absolute atomic E-state index is 12.7. The molecule has 1 fully saturated rings. The fourth-order valence-corrected chi connectivity index (χ4v) is 3.94. The highest BCUT2D eigenvalue weighted by atomic mass is 79.9. The predicted molar refractivity (Wildman–Crippen MR) is 98.5 cm³/mol. The lowest BCUT2D eigenvalue weighted by Gasteiger charge is -2.32. The second-order valence-corrected chi connectivity index (χ2v) is 7.42. The first-order chi connectivity index (χ1) is 12.8. The lowest BCUT2D eigenvalue weighted by Crippen LogP contribution is -2.44. The smallest absolute Gasteiger partial charge is 0.456 e. The molecule has 0 unspecified atom stereocenters. The maximum Gasteiger partial charge on any atom is 0.471 e. The van der Waals surface area contributed by atoms with Crippen LogP contribution in [-0.4, -0.2) is 30.1 Å². The Labute approximate surface area is 162 Å². The van der Waals surface area contributed by atoms with Gasteiger partial charge in [0, 0.05) is 28.7 Å². The van der Waals surface area contributed by atoms with E-state index in [1.54, 1.807) is 0 Å². The second-order valence-electron chi connectivity index (χ2n) is 6.51. The van der Waals surface area contributed by atoms with Gasteiger partial charge < -0.3 is 9.64 Å². The highest BCUT2D eigenvalue weighted by Crippen LogP contribution is 2.47. The third-order valence-electron chi connectivity index (χ3n) is 4.84. The number of alkyl halides is 3. The number of hydrogen-bond donors (Lipinski definition) is 0. The van der Waals surface area contributed by atoms with Crippen molar-refractivity contribution in [3.05, 3.63) is 63.6 Å². The fourth-order valence-electron chi connectivity index (χ4n) is 3.60. The molecule has 2 aromatic rings. The number of carbonyl (C=O) groups excluding carboxylic acids is 1. The van der Waals surface area contributed by atoms with Crippen LogP contribution in [0.4, 0.5) is 13.2 Å². The molecule has 7 heteroatoms. The summed E-state index contributed by atoms with van der Waals surface area (Å²) in [5.74, 6) is -0.331. The Hall–Kier alpha value is -2.28. The summed E-state index contributed by atoms with van der Waals surface area (Å²) >= 11 is 3.44. The SMILES string of the molecule is O=C(N1CCC(=C2c3ccccc3Oc3cc(Br)ccc32)CC1)C(F)(F)F. The van der Waals surface area contributed by atoms with Gasteiger partial charge in [-0.15, -0.1) is 0 Å². The van der Waals surface area contributed by atoms with Gasteiger partial charge in [-0.25, -0.2) is 0 Å². The van der Waals surface area contributed by atoms with Crippen LogP contribution in [0.25, 0.3) is 5.57 Å². The van der Waals surface area contributed by atoms with Gasteiger partial charge in [0.15, 0.2) is 0 Å². The van der Waals surface area contributed by atoms with Crippen molar-refractivity contribution in [3.8, 4) is 11.5 Å². The van der Waals surface area contributed by atoms with E-state index in [0.29, 0.717) is 18.6 Å². The monoisotopic (exact) mass is 437 g/mol. The van der Waals surface area contributed by atoms with E-state index in [1.807, 2.05) is 42.5 Å². The highest BCUT2D eigenvalue weighted by Gasteiger charge is 2.43. The molecule has 2 heterocycles. The molecule has 2 aliphatic rings. The number of para-hydroxylation sites is 1. The topological polar surface area (TPSA) is 29.5 Å².